The van der Waals surface area contributed by atoms with E-state index in [-0.39, 0.29) is 0 Å². The van der Waals surface area contributed by atoms with E-state index in [2.05, 4.69) is 48.4 Å². The van der Waals surface area contributed by atoms with Crippen molar-refractivity contribution in [1.29, 1.82) is 0 Å². The lowest BCUT2D eigenvalue weighted by atomic mass is 9.85. The van der Waals surface area contributed by atoms with Gasteiger partial charge >= 0.3 is 0 Å². The molecule has 0 fully saturated rings. The first-order chi connectivity index (χ1) is 8.04. The number of nitrogen functional groups attached to an aromatic ring is 1. The van der Waals surface area contributed by atoms with Crippen molar-refractivity contribution in [3.05, 3.63) is 12.4 Å². The molecule has 0 saturated carbocycles. The summed E-state index contributed by atoms with van der Waals surface area (Å²) in [5, 5.41) is 3.34. The van der Waals surface area contributed by atoms with E-state index in [9.17, 15) is 0 Å². The zero-order chi connectivity index (χ0) is 12.8. The van der Waals surface area contributed by atoms with Crippen LogP contribution in [0.4, 0.5) is 11.6 Å². The summed E-state index contributed by atoms with van der Waals surface area (Å²) in [4.78, 5) is 8.13. The van der Waals surface area contributed by atoms with Crippen LogP contribution in [0.2, 0.25) is 0 Å². The third-order valence-electron chi connectivity index (χ3n) is 3.05. The molecule has 5 heteroatoms. The molecule has 0 aliphatic rings. The van der Waals surface area contributed by atoms with Gasteiger partial charge in [0.1, 0.15) is 18.0 Å². The molecule has 4 N–H and O–H groups in total. The number of nitrogens with zero attached hydrogens (tertiary/aromatic N) is 2. The summed E-state index contributed by atoms with van der Waals surface area (Å²) in [5.74, 6) is 8.65. The lowest BCUT2D eigenvalue weighted by Gasteiger charge is -2.25. The molecular weight excluding hydrogens is 214 g/mol. The summed E-state index contributed by atoms with van der Waals surface area (Å²) in [7, 11) is 0. The molecule has 0 amide bonds. The molecule has 1 aromatic rings. The third-order valence-corrected chi connectivity index (χ3v) is 3.05. The summed E-state index contributed by atoms with van der Waals surface area (Å²) in [6.07, 6.45) is 1.50. The molecule has 0 atom stereocenters. The number of aromatic nitrogens is 2. The van der Waals surface area contributed by atoms with Crippen LogP contribution in [0.25, 0.3) is 0 Å². The quantitative estimate of drug-likeness (QED) is 0.522. The monoisotopic (exact) mass is 237 g/mol. The number of hydrazine groups is 1. The Bertz CT molecular complexity index is 329. The van der Waals surface area contributed by atoms with Crippen molar-refractivity contribution >= 4 is 11.6 Å². The van der Waals surface area contributed by atoms with Crippen molar-refractivity contribution in [3.8, 4) is 0 Å². The number of rotatable bonds is 6. The molecule has 96 valence electrons. The number of anilines is 2. The molecule has 17 heavy (non-hydrogen) atoms. The van der Waals surface area contributed by atoms with Crippen LogP contribution in [-0.4, -0.2) is 16.5 Å². The molecule has 0 aliphatic heterocycles. The molecule has 0 bridgehead atoms. The van der Waals surface area contributed by atoms with Crippen LogP contribution in [0.5, 0.6) is 0 Å². The normalized spacial score (nSPS) is 11.3. The standard InChI is InChI=1S/C12H23N5/c1-8(2)10(9(3)4)6-14-11-5-12(17-13)16-7-15-11/h5,7-10H,6,13H2,1-4H3,(H2,14,15,16,17). The Morgan fingerprint density at radius 1 is 1.12 bits per heavy atom. The van der Waals surface area contributed by atoms with Crippen molar-refractivity contribution in [2.24, 2.45) is 23.6 Å². The van der Waals surface area contributed by atoms with Gasteiger partial charge in [0.25, 0.3) is 0 Å². The Hall–Kier alpha value is -1.36. The minimum Gasteiger partial charge on any atom is -0.370 e. The zero-order valence-corrected chi connectivity index (χ0v) is 11.1. The molecular formula is C12H23N5. The van der Waals surface area contributed by atoms with Gasteiger partial charge in [0.15, 0.2) is 0 Å². The Labute approximate surface area is 103 Å². The topological polar surface area (TPSA) is 75.9 Å². The molecule has 0 unspecified atom stereocenters. The van der Waals surface area contributed by atoms with E-state index in [0.717, 1.165) is 12.4 Å². The van der Waals surface area contributed by atoms with Crippen molar-refractivity contribution in [2.45, 2.75) is 27.7 Å². The van der Waals surface area contributed by atoms with Gasteiger partial charge in [0, 0.05) is 12.6 Å². The van der Waals surface area contributed by atoms with E-state index in [0.29, 0.717) is 23.6 Å². The number of nitrogens with two attached hydrogens (primary N) is 1. The summed E-state index contributed by atoms with van der Waals surface area (Å²) in [6, 6.07) is 1.80. The molecule has 0 aromatic carbocycles. The average molecular weight is 237 g/mol. The molecule has 0 radical (unpaired) electrons. The average Bonchev–Trinajstić information content (AvgIpc) is 2.28. The van der Waals surface area contributed by atoms with Crippen LogP contribution in [0.15, 0.2) is 12.4 Å². The lowest BCUT2D eigenvalue weighted by Crippen LogP contribution is -2.25. The molecule has 5 nitrogen and oxygen atoms in total. The summed E-state index contributed by atoms with van der Waals surface area (Å²) in [6.45, 7) is 9.91. The van der Waals surface area contributed by atoms with Gasteiger partial charge in [-0.1, -0.05) is 27.7 Å². The molecule has 0 spiro atoms. The van der Waals surface area contributed by atoms with E-state index in [1.807, 2.05) is 0 Å². The van der Waals surface area contributed by atoms with Gasteiger partial charge in [-0.3, -0.25) is 0 Å². The van der Waals surface area contributed by atoms with Gasteiger partial charge in [-0.2, -0.15) is 0 Å². The summed E-state index contributed by atoms with van der Waals surface area (Å²) in [5.41, 5.74) is 2.51. The molecule has 0 aliphatic carbocycles. The summed E-state index contributed by atoms with van der Waals surface area (Å²) >= 11 is 0. The van der Waals surface area contributed by atoms with E-state index >= 15 is 0 Å². The minimum absolute atomic E-state index is 0.619. The van der Waals surface area contributed by atoms with Crippen LogP contribution in [0.3, 0.4) is 0 Å². The van der Waals surface area contributed by atoms with Crippen LogP contribution in [-0.2, 0) is 0 Å². The van der Waals surface area contributed by atoms with Crippen molar-refractivity contribution < 1.29 is 0 Å². The highest BCUT2D eigenvalue weighted by atomic mass is 15.3. The molecule has 1 aromatic heterocycles. The largest absolute Gasteiger partial charge is 0.370 e. The zero-order valence-electron chi connectivity index (χ0n) is 11.1. The maximum atomic E-state index is 5.30. The van der Waals surface area contributed by atoms with E-state index < -0.39 is 0 Å². The second-order valence-corrected chi connectivity index (χ2v) is 4.97. The highest BCUT2D eigenvalue weighted by Gasteiger charge is 2.17. The van der Waals surface area contributed by atoms with Gasteiger partial charge in [-0.05, 0) is 17.8 Å². The van der Waals surface area contributed by atoms with Crippen LogP contribution >= 0.6 is 0 Å². The first kappa shape index (κ1) is 13.7. The third kappa shape index (κ3) is 4.19. The predicted molar refractivity (Wildman–Crippen MR) is 71.5 cm³/mol. The smallest absolute Gasteiger partial charge is 0.145 e. The van der Waals surface area contributed by atoms with E-state index in [1.165, 1.54) is 6.33 Å². The number of hydrogen-bond acceptors (Lipinski definition) is 5. The van der Waals surface area contributed by atoms with Crippen LogP contribution in [0, 0.1) is 17.8 Å². The Kier molecular flexibility index (Phi) is 5.15. The number of hydrogen-bond donors (Lipinski definition) is 3. The van der Waals surface area contributed by atoms with Crippen LogP contribution in [0.1, 0.15) is 27.7 Å². The highest BCUT2D eigenvalue weighted by molar-refractivity contribution is 5.45. The maximum Gasteiger partial charge on any atom is 0.145 e. The van der Waals surface area contributed by atoms with Crippen molar-refractivity contribution in [1.82, 2.24) is 9.97 Å². The Morgan fingerprint density at radius 2 is 1.71 bits per heavy atom. The van der Waals surface area contributed by atoms with E-state index in [1.54, 1.807) is 6.07 Å². The van der Waals surface area contributed by atoms with Gasteiger partial charge in [-0.25, -0.2) is 15.8 Å². The fourth-order valence-electron chi connectivity index (χ4n) is 2.00. The van der Waals surface area contributed by atoms with Gasteiger partial charge < -0.3 is 10.7 Å². The summed E-state index contributed by atoms with van der Waals surface area (Å²) < 4.78 is 0. The van der Waals surface area contributed by atoms with Gasteiger partial charge in [-0.15, -0.1) is 0 Å². The second kappa shape index (κ2) is 6.39. The Balaban J connectivity index is 2.59. The van der Waals surface area contributed by atoms with Crippen molar-refractivity contribution in [2.75, 3.05) is 17.3 Å². The maximum absolute atomic E-state index is 5.30. The first-order valence-electron chi connectivity index (χ1n) is 6.07. The molecule has 1 rings (SSSR count). The molecule has 1 heterocycles. The highest BCUT2D eigenvalue weighted by Crippen LogP contribution is 2.21. The lowest BCUT2D eigenvalue weighted by molar-refractivity contribution is 0.304. The van der Waals surface area contributed by atoms with E-state index in [4.69, 9.17) is 5.84 Å². The molecule has 0 saturated heterocycles. The minimum atomic E-state index is 0.619. The van der Waals surface area contributed by atoms with Crippen LogP contribution < -0.4 is 16.6 Å². The van der Waals surface area contributed by atoms with Crippen molar-refractivity contribution in [3.63, 3.8) is 0 Å². The second-order valence-electron chi connectivity index (χ2n) is 4.97. The fraction of sp³-hybridized carbons (Fsp3) is 0.667. The number of nitrogens with one attached hydrogen (secondary N) is 2. The fourth-order valence-corrected chi connectivity index (χ4v) is 2.00. The van der Waals surface area contributed by atoms with Gasteiger partial charge in [0.2, 0.25) is 0 Å². The SMILES string of the molecule is CC(C)C(CNc1cc(NN)ncn1)C(C)C. The Morgan fingerprint density at radius 3 is 2.24 bits per heavy atom. The predicted octanol–water partition coefficient (Wildman–Crippen LogP) is 2.10. The first-order valence-corrected chi connectivity index (χ1v) is 6.07. The van der Waals surface area contributed by atoms with Gasteiger partial charge in [0.05, 0.1) is 0 Å².